The molecule has 1 saturated heterocycles. The molecule has 0 bridgehead atoms. The Kier molecular flexibility index (Phi) is 7.89. The third-order valence-electron chi connectivity index (χ3n) is 7.00. The van der Waals surface area contributed by atoms with Crippen molar-refractivity contribution < 1.29 is 19.1 Å². The van der Waals surface area contributed by atoms with Crippen molar-refractivity contribution in [3.05, 3.63) is 62.3 Å². The van der Waals surface area contributed by atoms with Crippen molar-refractivity contribution in [3.8, 4) is 11.5 Å². The average molecular weight is 523 g/mol. The van der Waals surface area contributed by atoms with Crippen LogP contribution in [0, 0.1) is 6.92 Å². The van der Waals surface area contributed by atoms with Crippen molar-refractivity contribution >= 4 is 28.4 Å². The number of nitrogens with one attached hydrogen (secondary N) is 1. The van der Waals surface area contributed by atoms with E-state index in [1.807, 2.05) is 19.9 Å². The van der Waals surface area contributed by atoms with E-state index in [1.54, 1.807) is 43.1 Å². The first-order valence-corrected chi connectivity index (χ1v) is 12.9. The average Bonchev–Trinajstić information content (AvgIpc) is 2.92. The van der Waals surface area contributed by atoms with Gasteiger partial charge in [0.25, 0.3) is 11.5 Å². The zero-order valence-corrected chi connectivity index (χ0v) is 22.5. The van der Waals surface area contributed by atoms with Crippen LogP contribution in [-0.2, 0) is 11.8 Å². The van der Waals surface area contributed by atoms with E-state index >= 15 is 0 Å². The highest BCUT2D eigenvalue weighted by molar-refractivity contribution is 6.04. The number of anilines is 1. The summed E-state index contributed by atoms with van der Waals surface area (Å²) in [4.78, 5) is 54.0. The van der Waals surface area contributed by atoms with Crippen LogP contribution in [0.1, 0.15) is 55.1 Å². The first kappa shape index (κ1) is 27.0. The topological polar surface area (TPSA) is 112 Å². The molecule has 0 spiro atoms. The summed E-state index contributed by atoms with van der Waals surface area (Å²) in [5.41, 5.74) is 1.51. The van der Waals surface area contributed by atoms with Crippen LogP contribution in [0.5, 0.6) is 11.5 Å². The number of likely N-dealkylation sites (tertiary alicyclic amines) is 1. The molecular formula is C28H34N4O6. The van der Waals surface area contributed by atoms with Gasteiger partial charge < -0.3 is 19.7 Å². The molecule has 0 radical (unpaired) electrons. The first-order chi connectivity index (χ1) is 18.2. The fourth-order valence-corrected chi connectivity index (χ4v) is 4.92. The van der Waals surface area contributed by atoms with Crippen molar-refractivity contribution in [3.63, 3.8) is 0 Å². The molecule has 1 fully saturated rings. The minimum atomic E-state index is -0.364. The van der Waals surface area contributed by atoms with Gasteiger partial charge in [0.2, 0.25) is 5.91 Å². The van der Waals surface area contributed by atoms with Crippen molar-refractivity contribution in [2.75, 3.05) is 32.1 Å². The van der Waals surface area contributed by atoms with E-state index in [-0.39, 0.29) is 35.5 Å². The zero-order chi connectivity index (χ0) is 27.6. The monoisotopic (exact) mass is 522 g/mol. The lowest BCUT2D eigenvalue weighted by Gasteiger charge is -2.33. The summed E-state index contributed by atoms with van der Waals surface area (Å²) in [5.74, 6) is 0.318. The number of amides is 2. The zero-order valence-electron chi connectivity index (χ0n) is 22.5. The van der Waals surface area contributed by atoms with Gasteiger partial charge in [0.1, 0.15) is 0 Å². The van der Waals surface area contributed by atoms with Gasteiger partial charge in [-0.2, -0.15) is 0 Å². The van der Waals surface area contributed by atoms with Crippen LogP contribution < -0.4 is 26.0 Å². The summed E-state index contributed by atoms with van der Waals surface area (Å²) < 4.78 is 13.9. The van der Waals surface area contributed by atoms with Gasteiger partial charge in [-0.25, -0.2) is 4.79 Å². The standard InChI is InChI=1S/C28H34N4O6/c1-6-25(33)29-21-16-23(37-5)24(38-7-2)15-19(21)26(34)31-12-10-18(11-13-31)32-27(35)20-14-17(3)8-9-22(20)30(4)28(32)36/h8-9,14-16,18H,6-7,10-13H2,1-5H3,(H,29,33). The lowest BCUT2D eigenvalue weighted by Crippen LogP contribution is -2.46. The number of carbonyl (C=O) groups is 2. The molecule has 0 unspecified atom stereocenters. The summed E-state index contributed by atoms with van der Waals surface area (Å²) in [6.07, 6.45) is 1.15. The maximum Gasteiger partial charge on any atom is 0.331 e. The fraction of sp³-hybridized carbons (Fsp3) is 0.429. The third-order valence-corrected chi connectivity index (χ3v) is 7.00. The Morgan fingerprint density at radius 1 is 1.05 bits per heavy atom. The van der Waals surface area contributed by atoms with Crippen LogP contribution in [0.15, 0.2) is 39.9 Å². The maximum absolute atomic E-state index is 13.6. The number of methoxy groups -OCH3 is 1. The third kappa shape index (κ3) is 5.03. The van der Waals surface area contributed by atoms with Gasteiger partial charge in [0.05, 0.1) is 35.9 Å². The molecule has 2 heterocycles. The number of benzene rings is 2. The molecule has 1 aromatic heterocycles. The molecule has 10 heteroatoms. The number of hydrogen-bond donors (Lipinski definition) is 1. The molecule has 0 atom stereocenters. The van der Waals surface area contributed by atoms with Gasteiger partial charge >= 0.3 is 5.69 Å². The molecule has 202 valence electrons. The van der Waals surface area contributed by atoms with Gasteiger partial charge in [-0.05, 0) is 44.9 Å². The maximum atomic E-state index is 13.6. The normalized spacial score (nSPS) is 14.0. The Labute approximate surface area is 220 Å². The molecule has 1 aliphatic rings. The highest BCUT2D eigenvalue weighted by Gasteiger charge is 2.29. The quantitative estimate of drug-likeness (QED) is 0.510. The van der Waals surface area contributed by atoms with Crippen LogP contribution in [-0.4, -0.2) is 52.7 Å². The molecule has 2 aromatic carbocycles. The van der Waals surface area contributed by atoms with Gasteiger partial charge in [-0.15, -0.1) is 0 Å². The molecule has 1 N–H and O–H groups in total. The summed E-state index contributed by atoms with van der Waals surface area (Å²) in [6.45, 7) is 6.55. The molecule has 2 amide bonds. The van der Waals surface area contributed by atoms with E-state index in [0.29, 0.717) is 66.2 Å². The van der Waals surface area contributed by atoms with Crippen LogP contribution in [0.4, 0.5) is 5.69 Å². The first-order valence-electron chi connectivity index (χ1n) is 12.9. The minimum Gasteiger partial charge on any atom is -0.493 e. The fourth-order valence-electron chi connectivity index (χ4n) is 4.92. The van der Waals surface area contributed by atoms with E-state index in [2.05, 4.69) is 5.32 Å². The lowest BCUT2D eigenvalue weighted by molar-refractivity contribution is -0.115. The number of aromatic nitrogens is 2. The highest BCUT2D eigenvalue weighted by Crippen LogP contribution is 2.35. The number of piperidine rings is 1. The van der Waals surface area contributed by atoms with Gasteiger partial charge in [-0.1, -0.05) is 18.6 Å². The van der Waals surface area contributed by atoms with Crippen molar-refractivity contribution in [1.29, 1.82) is 0 Å². The molecule has 38 heavy (non-hydrogen) atoms. The van der Waals surface area contributed by atoms with Gasteiger partial charge in [-0.3, -0.25) is 23.5 Å². The molecule has 3 aromatic rings. The number of fused-ring (bicyclic) bond motifs is 1. The van der Waals surface area contributed by atoms with E-state index < -0.39 is 0 Å². The summed E-state index contributed by atoms with van der Waals surface area (Å²) >= 11 is 0. The number of hydrogen-bond acceptors (Lipinski definition) is 6. The molecule has 10 nitrogen and oxygen atoms in total. The lowest BCUT2D eigenvalue weighted by atomic mass is 10.0. The van der Waals surface area contributed by atoms with Crippen LogP contribution in [0.2, 0.25) is 0 Å². The predicted octanol–water partition coefficient (Wildman–Crippen LogP) is 3.24. The number of nitrogens with zero attached hydrogens (tertiary/aromatic N) is 3. The number of carbonyl (C=O) groups excluding carboxylic acids is 2. The summed E-state index contributed by atoms with van der Waals surface area (Å²) in [7, 11) is 3.16. The van der Waals surface area contributed by atoms with Gasteiger partial charge in [0, 0.05) is 38.7 Å². The number of aryl methyl sites for hydroxylation is 2. The molecule has 0 aliphatic carbocycles. The second kappa shape index (κ2) is 11.1. The summed E-state index contributed by atoms with van der Waals surface area (Å²) in [5, 5.41) is 3.29. The molecule has 0 saturated carbocycles. The van der Waals surface area contributed by atoms with Gasteiger partial charge in [0.15, 0.2) is 11.5 Å². The Balaban J connectivity index is 1.63. The van der Waals surface area contributed by atoms with Crippen molar-refractivity contribution in [2.45, 2.75) is 46.1 Å². The Morgan fingerprint density at radius 3 is 2.39 bits per heavy atom. The van der Waals surface area contributed by atoms with Crippen molar-refractivity contribution in [1.82, 2.24) is 14.0 Å². The van der Waals surface area contributed by atoms with E-state index in [4.69, 9.17) is 9.47 Å². The van der Waals surface area contributed by atoms with Crippen molar-refractivity contribution in [2.24, 2.45) is 7.05 Å². The Hall–Kier alpha value is -4.08. The summed E-state index contributed by atoms with van der Waals surface area (Å²) in [6, 6.07) is 8.33. The van der Waals surface area contributed by atoms with E-state index in [1.165, 1.54) is 16.2 Å². The molecular weight excluding hydrogens is 488 g/mol. The van der Waals surface area contributed by atoms with Crippen LogP contribution in [0.25, 0.3) is 10.9 Å². The Bertz CT molecular complexity index is 1500. The SMILES string of the molecule is CCOc1cc(C(=O)N2CCC(n3c(=O)c4cc(C)ccc4n(C)c3=O)CC2)c(NC(=O)CC)cc1OC. The molecule has 1 aliphatic heterocycles. The second-order valence-corrected chi connectivity index (χ2v) is 9.44. The number of rotatable bonds is 7. The minimum absolute atomic E-state index is 0.231. The van der Waals surface area contributed by atoms with Crippen LogP contribution >= 0.6 is 0 Å². The second-order valence-electron chi connectivity index (χ2n) is 9.44. The van der Waals surface area contributed by atoms with Crippen LogP contribution in [0.3, 0.4) is 0 Å². The Morgan fingerprint density at radius 2 is 1.76 bits per heavy atom. The predicted molar refractivity (Wildman–Crippen MR) is 145 cm³/mol. The smallest absolute Gasteiger partial charge is 0.331 e. The van der Waals surface area contributed by atoms with E-state index in [9.17, 15) is 19.2 Å². The molecule has 4 rings (SSSR count). The van der Waals surface area contributed by atoms with E-state index in [0.717, 1.165) is 5.56 Å². The highest BCUT2D eigenvalue weighted by atomic mass is 16.5. The number of ether oxygens (including phenoxy) is 2. The largest absolute Gasteiger partial charge is 0.493 e.